The smallest absolute Gasteiger partial charge is 0.270 e. The average Bonchev–Trinajstić information content (AvgIpc) is 2.28. The van der Waals surface area contributed by atoms with Crippen molar-refractivity contribution in [1.29, 1.82) is 0 Å². The van der Waals surface area contributed by atoms with Gasteiger partial charge in [0.05, 0.1) is 0 Å². The number of aromatic nitrogens is 1. The molecular weight excluding hydrogens is 256 g/mol. The zero-order valence-electron chi connectivity index (χ0n) is 8.12. The number of carbonyl (C=O) groups excluding carboxylic acids is 1. The molecule has 1 aromatic carbocycles. The summed E-state index contributed by atoms with van der Waals surface area (Å²) in [5.41, 5.74) is 0.455. The van der Waals surface area contributed by atoms with Crippen LogP contribution in [0, 0.1) is 0 Å². The van der Waals surface area contributed by atoms with Crippen LogP contribution in [0.5, 0.6) is 0 Å². The molecule has 0 saturated carbocycles. The second-order valence-electron chi connectivity index (χ2n) is 3.07. The summed E-state index contributed by atoms with van der Waals surface area (Å²) in [7, 11) is 1.60. The van der Waals surface area contributed by atoms with Gasteiger partial charge in [-0.15, -0.1) is 0 Å². The van der Waals surface area contributed by atoms with E-state index >= 15 is 0 Å². The SMILES string of the molecule is CNC(=O)c1nccc2c(Br)cccc12. The maximum atomic E-state index is 11.5. The maximum absolute atomic E-state index is 11.5. The summed E-state index contributed by atoms with van der Waals surface area (Å²) in [5, 5.41) is 4.42. The normalized spacial score (nSPS) is 10.3. The van der Waals surface area contributed by atoms with Crippen LogP contribution < -0.4 is 5.32 Å². The highest BCUT2D eigenvalue weighted by atomic mass is 79.9. The molecule has 0 aliphatic rings. The largest absolute Gasteiger partial charge is 0.354 e. The molecule has 0 saturated heterocycles. The van der Waals surface area contributed by atoms with E-state index < -0.39 is 0 Å². The van der Waals surface area contributed by atoms with Crippen molar-refractivity contribution < 1.29 is 4.79 Å². The van der Waals surface area contributed by atoms with Crippen molar-refractivity contribution >= 4 is 32.6 Å². The van der Waals surface area contributed by atoms with Crippen molar-refractivity contribution in [1.82, 2.24) is 10.3 Å². The lowest BCUT2D eigenvalue weighted by Crippen LogP contribution is -2.19. The van der Waals surface area contributed by atoms with Crippen LogP contribution in [0.3, 0.4) is 0 Å². The molecule has 0 spiro atoms. The first kappa shape index (κ1) is 10.1. The Morgan fingerprint density at radius 2 is 2.13 bits per heavy atom. The van der Waals surface area contributed by atoms with E-state index in [9.17, 15) is 4.79 Å². The number of halogens is 1. The second-order valence-corrected chi connectivity index (χ2v) is 3.93. The first-order valence-corrected chi connectivity index (χ1v) is 5.28. The van der Waals surface area contributed by atoms with E-state index in [2.05, 4.69) is 26.2 Å². The number of nitrogens with zero attached hydrogens (tertiary/aromatic N) is 1. The number of fused-ring (bicyclic) bond motifs is 1. The fourth-order valence-corrected chi connectivity index (χ4v) is 1.97. The van der Waals surface area contributed by atoms with E-state index in [1.54, 1.807) is 13.2 Å². The Kier molecular flexibility index (Phi) is 2.68. The first-order chi connectivity index (χ1) is 7.24. The maximum Gasteiger partial charge on any atom is 0.270 e. The van der Waals surface area contributed by atoms with Crippen molar-refractivity contribution in [2.24, 2.45) is 0 Å². The van der Waals surface area contributed by atoms with Crippen molar-refractivity contribution in [2.45, 2.75) is 0 Å². The van der Waals surface area contributed by atoms with Gasteiger partial charge in [-0.05, 0) is 17.5 Å². The molecule has 0 radical (unpaired) electrons. The number of pyridine rings is 1. The van der Waals surface area contributed by atoms with E-state index in [0.29, 0.717) is 5.69 Å². The molecule has 0 fully saturated rings. The molecule has 3 nitrogen and oxygen atoms in total. The topological polar surface area (TPSA) is 42.0 Å². The molecule has 1 N–H and O–H groups in total. The summed E-state index contributed by atoms with van der Waals surface area (Å²) in [6, 6.07) is 7.60. The Bertz CT molecular complexity index is 525. The highest BCUT2D eigenvalue weighted by Gasteiger charge is 2.10. The summed E-state index contributed by atoms with van der Waals surface area (Å²) in [4.78, 5) is 15.6. The quantitative estimate of drug-likeness (QED) is 0.860. The molecule has 0 bridgehead atoms. The molecule has 1 amide bonds. The highest BCUT2D eigenvalue weighted by Crippen LogP contribution is 2.24. The van der Waals surface area contributed by atoms with Crippen LogP contribution in [-0.4, -0.2) is 17.9 Å². The number of benzene rings is 1. The molecule has 0 atom stereocenters. The second kappa shape index (κ2) is 3.98. The first-order valence-electron chi connectivity index (χ1n) is 4.49. The number of amides is 1. The lowest BCUT2D eigenvalue weighted by Gasteiger charge is -2.05. The minimum atomic E-state index is -0.168. The van der Waals surface area contributed by atoms with E-state index in [-0.39, 0.29) is 5.91 Å². The van der Waals surface area contributed by atoms with Gasteiger partial charge in [-0.2, -0.15) is 0 Å². The van der Waals surface area contributed by atoms with Crippen molar-refractivity contribution in [2.75, 3.05) is 7.05 Å². The molecule has 15 heavy (non-hydrogen) atoms. The van der Waals surface area contributed by atoms with Gasteiger partial charge in [0.25, 0.3) is 5.91 Å². The Labute approximate surface area is 95.6 Å². The molecular formula is C11H9BrN2O. The van der Waals surface area contributed by atoms with Crippen LogP contribution in [0.15, 0.2) is 34.9 Å². The number of rotatable bonds is 1. The van der Waals surface area contributed by atoms with Crippen LogP contribution in [0.25, 0.3) is 10.8 Å². The highest BCUT2D eigenvalue weighted by molar-refractivity contribution is 9.10. The van der Waals surface area contributed by atoms with Gasteiger partial charge in [-0.25, -0.2) is 0 Å². The Morgan fingerprint density at radius 1 is 1.33 bits per heavy atom. The van der Waals surface area contributed by atoms with E-state index in [1.165, 1.54) is 0 Å². The third-order valence-corrected chi connectivity index (χ3v) is 2.89. The van der Waals surface area contributed by atoms with Gasteiger partial charge in [0.15, 0.2) is 0 Å². The summed E-state index contributed by atoms with van der Waals surface area (Å²) >= 11 is 3.44. The van der Waals surface area contributed by atoms with E-state index in [1.807, 2.05) is 24.3 Å². The molecule has 2 rings (SSSR count). The van der Waals surface area contributed by atoms with Gasteiger partial charge in [0.1, 0.15) is 5.69 Å². The van der Waals surface area contributed by atoms with Gasteiger partial charge in [-0.3, -0.25) is 9.78 Å². The summed E-state index contributed by atoms with van der Waals surface area (Å²) < 4.78 is 0.965. The third kappa shape index (κ3) is 1.72. The number of carbonyl (C=O) groups is 1. The molecule has 0 aliphatic heterocycles. The van der Waals surface area contributed by atoms with Crippen LogP contribution in [-0.2, 0) is 0 Å². The molecule has 2 aromatic rings. The van der Waals surface area contributed by atoms with Gasteiger partial charge in [0.2, 0.25) is 0 Å². The molecule has 1 aromatic heterocycles. The van der Waals surface area contributed by atoms with E-state index in [4.69, 9.17) is 0 Å². The average molecular weight is 265 g/mol. The molecule has 4 heteroatoms. The fourth-order valence-electron chi connectivity index (χ4n) is 1.47. The van der Waals surface area contributed by atoms with Crippen LogP contribution in [0.1, 0.15) is 10.5 Å². The Balaban J connectivity index is 2.77. The summed E-state index contributed by atoms with van der Waals surface area (Å²) in [6.45, 7) is 0. The number of hydrogen-bond donors (Lipinski definition) is 1. The zero-order valence-corrected chi connectivity index (χ0v) is 9.71. The lowest BCUT2D eigenvalue weighted by molar-refractivity contribution is 0.0960. The summed E-state index contributed by atoms with van der Waals surface area (Å²) in [6.07, 6.45) is 1.64. The molecule has 1 heterocycles. The van der Waals surface area contributed by atoms with Crippen molar-refractivity contribution in [3.8, 4) is 0 Å². The fraction of sp³-hybridized carbons (Fsp3) is 0.0909. The van der Waals surface area contributed by atoms with Crippen molar-refractivity contribution in [3.63, 3.8) is 0 Å². The van der Waals surface area contributed by atoms with Crippen LogP contribution >= 0.6 is 15.9 Å². The number of nitrogens with one attached hydrogen (secondary N) is 1. The monoisotopic (exact) mass is 264 g/mol. The predicted molar refractivity (Wildman–Crippen MR) is 62.8 cm³/mol. The Hall–Kier alpha value is -1.42. The van der Waals surface area contributed by atoms with Crippen molar-refractivity contribution in [3.05, 3.63) is 40.6 Å². The zero-order chi connectivity index (χ0) is 10.8. The molecule has 76 valence electrons. The van der Waals surface area contributed by atoms with Crippen LogP contribution in [0.2, 0.25) is 0 Å². The predicted octanol–water partition coefficient (Wildman–Crippen LogP) is 2.36. The van der Waals surface area contributed by atoms with Gasteiger partial charge in [-0.1, -0.05) is 28.1 Å². The third-order valence-electron chi connectivity index (χ3n) is 2.20. The molecule has 0 unspecified atom stereocenters. The number of hydrogen-bond acceptors (Lipinski definition) is 2. The Morgan fingerprint density at radius 3 is 2.87 bits per heavy atom. The minimum Gasteiger partial charge on any atom is -0.354 e. The van der Waals surface area contributed by atoms with Crippen LogP contribution in [0.4, 0.5) is 0 Å². The van der Waals surface area contributed by atoms with Gasteiger partial charge < -0.3 is 5.32 Å². The summed E-state index contributed by atoms with van der Waals surface area (Å²) in [5.74, 6) is -0.168. The van der Waals surface area contributed by atoms with Gasteiger partial charge in [0, 0.05) is 23.1 Å². The standard InChI is InChI=1S/C11H9BrN2O/c1-13-11(15)10-8-3-2-4-9(12)7(8)5-6-14-10/h2-6H,1H3,(H,13,15). The van der Waals surface area contributed by atoms with Gasteiger partial charge >= 0.3 is 0 Å². The minimum absolute atomic E-state index is 0.168. The van der Waals surface area contributed by atoms with E-state index in [0.717, 1.165) is 15.2 Å². The lowest BCUT2D eigenvalue weighted by atomic mass is 10.1. The molecule has 0 aliphatic carbocycles.